The molecule has 2 rings (SSSR count). The second kappa shape index (κ2) is 6.06. The van der Waals surface area contributed by atoms with Crippen molar-refractivity contribution in [2.45, 2.75) is 6.92 Å². The first-order chi connectivity index (χ1) is 9.62. The summed E-state index contributed by atoms with van der Waals surface area (Å²) in [6, 6.07) is 10.5. The zero-order valence-electron chi connectivity index (χ0n) is 11.6. The first-order valence-corrected chi connectivity index (χ1v) is 6.10. The summed E-state index contributed by atoms with van der Waals surface area (Å²) in [5.41, 5.74) is 1.75. The average Bonchev–Trinajstić information content (AvgIpc) is 2.46. The molecule has 20 heavy (non-hydrogen) atoms. The summed E-state index contributed by atoms with van der Waals surface area (Å²) in [6.07, 6.45) is 0. The number of carbonyl (C=O) groups is 1. The first kappa shape index (κ1) is 13.9. The second-order valence-electron chi connectivity index (χ2n) is 4.22. The molecule has 0 spiro atoms. The lowest BCUT2D eigenvalue weighted by Crippen LogP contribution is -2.14. The number of hydrogen-bond acceptors (Lipinski definition) is 4. The Kier molecular flexibility index (Phi) is 4.20. The highest BCUT2D eigenvalue weighted by Crippen LogP contribution is 2.25. The van der Waals surface area contributed by atoms with Crippen LogP contribution in [0.1, 0.15) is 16.2 Å². The molecule has 0 aliphatic carbocycles. The summed E-state index contributed by atoms with van der Waals surface area (Å²) in [5.74, 6) is 0.942. The van der Waals surface area contributed by atoms with Crippen LogP contribution in [0.15, 0.2) is 36.4 Å². The van der Waals surface area contributed by atoms with Gasteiger partial charge in [0.25, 0.3) is 5.91 Å². The van der Waals surface area contributed by atoms with Crippen LogP contribution in [0.5, 0.6) is 11.5 Å². The molecule has 5 nitrogen and oxygen atoms in total. The number of pyridine rings is 1. The lowest BCUT2D eigenvalue weighted by Gasteiger charge is -2.09. The van der Waals surface area contributed by atoms with Crippen molar-refractivity contribution >= 4 is 11.6 Å². The first-order valence-electron chi connectivity index (χ1n) is 6.10. The third kappa shape index (κ3) is 3.26. The summed E-state index contributed by atoms with van der Waals surface area (Å²) in [4.78, 5) is 16.3. The van der Waals surface area contributed by atoms with Gasteiger partial charge in [0.05, 0.1) is 14.2 Å². The number of anilines is 1. The van der Waals surface area contributed by atoms with Gasteiger partial charge in [-0.25, -0.2) is 4.98 Å². The van der Waals surface area contributed by atoms with E-state index in [9.17, 15) is 4.79 Å². The van der Waals surface area contributed by atoms with Crippen molar-refractivity contribution in [1.29, 1.82) is 0 Å². The van der Waals surface area contributed by atoms with Gasteiger partial charge in [-0.3, -0.25) is 4.79 Å². The van der Waals surface area contributed by atoms with E-state index >= 15 is 0 Å². The van der Waals surface area contributed by atoms with E-state index in [2.05, 4.69) is 10.3 Å². The van der Waals surface area contributed by atoms with Gasteiger partial charge in [0, 0.05) is 29.6 Å². The lowest BCUT2D eigenvalue weighted by molar-refractivity contribution is 0.102. The van der Waals surface area contributed by atoms with Crippen LogP contribution in [0, 0.1) is 6.92 Å². The number of nitrogens with zero attached hydrogens (tertiary/aromatic N) is 1. The minimum Gasteiger partial charge on any atom is -0.497 e. The average molecular weight is 272 g/mol. The molecule has 0 saturated carbocycles. The van der Waals surface area contributed by atoms with Gasteiger partial charge < -0.3 is 14.8 Å². The van der Waals surface area contributed by atoms with Gasteiger partial charge >= 0.3 is 0 Å². The van der Waals surface area contributed by atoms with Crippen LogP contribution < -0.4 is 14.8 Å². The van der Waals surface area contributed by atoms with Gasteiger partial charge in [0.1, 0.15) is 17.2 Å². The molecule has 1 heterocycles. The minimum atomic E-state index is -0.274. The Balaban J connectivity index is 2.23. The molecule has 1 N–H and O–H groups in total. The van der Waals surface area contributed by atoms with Gasteiger partial charge in [0.2, 0.25) is 0 Å². The molecule has 1 aromatic carbocycles. The molecule has 2 aromatic rings. The maximum atomic E-state index is 12.1. The highest BCUT2D eigenvalue weighted by molar-refractivity contribution is 6.03. The van der Waals surface area contributed by atoms with Crippen molar-refractivity contribution in [2.24, 2.45) is 0 Å². The third-order valence-electron chi connectivity index (χ3n) is 2.73. The molecule has 1 amide bonds. The monoisotopic (exact) mass is 272 g/mol. The lowest BCUT2D eigenvalue weighted by atomic mass is 10.2. The molecular formula is C15H16N2O3. The standard InChI is InChI=1S/C15H16N2O3/c1-10-5-4-6-14(16-10)15(18)17-11-7-12(19-2)9-13(8-11)20-3/h4-9H,1-3H3,(H,17,18). The third-order valence-corrected chi connectivity index (χ3v) is 2.73. The van der Waals surface area contributed by atoms with Gasteiger partial charge in [-0.05, 0) is 19.1 Å². The summed E-state index contributed by atoms with van der Waals surface area (Å²) >= 11 is 0. The number of hydrogen-bond donors (Lipinski definition) is 1. The minimum absolute atomic E-state index is 0.274. The molecule has 0 aliphatic heterocycles. The number of ether oxygens (including phenoxy) is 2. The maximum absolute atomic E-state index is 12.1. The molecule has 0 saturated heterocycles. The van der Waals surface area contributed by atoms with Gasteiger partial charge in [-0.1, -0.05) is 6.07 Å². The van der Waals surface area contributed by atoms with Crippen LogP contribution >= 0.6 is 0 Å². The number of rotatable bonds is 4. The van der Waals surface area contributed by atoms with E-state index in [-0.39, 0.29) is 5.91 Å². The summed E-state index contributed by atoms with van der Waals surface area (Å²) in [7, 11) is 3.12. The number of methoxy groups -OCH3 is 2. The largest absolute Gasteiger partial charge is 0.497 e. The molecule has 0 atom stereocenters. The van der Waals surface area contributed by atoms with E-state index in [1.807, 2.05) is 13.0 Å². The Morgan fingerprint density at radius 1 is 1.10 bits per heavy atom. The van der Waals surface area contributed by atoms with Gasteiger partial charge in [0.15, 0.2) is 0 Å². The molecule has 104 valence electrons. The van der Waals surface area contributed by atoms with Crippen molar-refractivity contribution < 1.29 is 14.3 Å². The summed E-state index contributed by atoms with van der Waals surface area (Å²) in [5, 5.41) is 2.77. The van der Waals surface area contributed by atoms with Crippen molar-refractivity contribution in [3.63, 3.8) is 0 Å². The quantitative estimate of drug-likeness (QED) is 0.929. The van der Waals surface area contributed by atoms with Crippen molar-refractivity contribution in [3.8, 4) is 11.5 Å². The Bertz CT molecular complexity index is 604. The predicted octanol–water partition coefficient (Wildman–Crippen LogP) is 2.66. The number of aromatic nitrogens is 1. The molecule has 0 bridgehead atoms. The molecular weight excluding hydrogens is 256 g/mol. The van der Waals surface area contributed by atoms with Crippen molar-refractivity contribution in [2.75, 3.05) is 19.5 Å². The fourth-order valence-corrected chi connectivity index (χ4v) is 1.74. The van der Waals surface area contributed by atoms with Crippen LogP contribution in [0.25, 0.3) is 0 Å². The van der Waals surface area contributed by atoms with Crippen molar-refractivity contribution in [3.05, 3.63) is 47.8 Å². The summed E-state index contributed by atoms with van der Waals surface area (Å²) < 4.78 is 10.3. The summed E-state index contributed by atoms with van der Waals surface area (Å²) in [6.45, 7) is 1.84. The van der Waals surface area contributed by atoms with E-state index in [4.69, 9.17) is 9.47 Å². The van der Waals surface area contributed by atoms with E-state index < -0.39 is 0 Å². The Labute approximate surface area is 117 Å². The number of nitrogens with one attached hydrogen (secondary N) is 1. The Morgan fingerprint density at radius 2 is 1.75 bits per heavy atom. The van der Waals surface area contributed by atoms with Crippen LogP contribution in [-0.2, 0) is 0 Å². The zero-order valence-corrected chi connectivity index (χ0v) is 11.6. The zero-order chi connectivity index (χ0) is 14.5. The van der Waals surface area contributed by atoms with E-state index in [0.29, 0.717) is 22.9 Å². The topological polar surface area (TPSA) is 60.5 Å². The molecule has 0 radical (unpaired) electrons. The molecule has 0 fully saturated rings. The molecule has 5 heteroatoms. The normalized spacial score (nSPS) is 9.95. The fourth-order valence-electron chi connectivity index (χ4n) is 1.74. The van der Waals surface area contributed by atoms with E-state index in [1.165, 1.54) is 0 Å². The number of amides is 1. The fraction of sp³-hybridized carbons (Fsp3) is 0.200. The van der Waals surface area contributed by atoms with E-state index in [0.717, 1.165) is 5.69 Å². The molecule has 0 unspecified atom stereocenters. The highest BCUT2D eigenvalue weighted by Gasteiger charge is 2.09. The molecule has 0 aliphatic rings. The highest BCUT2D eigenvalue weighted by atomic mass is 16.5. The second-order valence-corrected chi connectivity index (χ2v) is 4.22. The number of benzene rings is 1. The Hall–Kier alpha value is -2.56. The smallest absolute Gasteiger partial charge is 0.274 e. The van der Waals surface area contributed by atoms with Crippen LogP contribution in [0.3, 0.4) is 0 Å². The van der Waals surface area contributed by atoms with Crippen LogP contribution in [-0.4, -0.2) is 25.1 Å². The van der Waals surface area contributed by atoms with Gasteiger partial charge in [-0.15, -0.1) is 0 Å². The van der Waals surface area contributed by atoms with Crippen LogP contribution in [0.4, 0.5) is 5.69 Å². The Morgan fingerprint density at radius 3 is 2.30 bits per heavy atom. The van der Waals surface area contributed by atoms with Gasteiger partial charge in [-0.2, -0.15) is 0 Å². The number of carbonyl (C=O) groups excluding carboxylic acids is 1. The van der Waals surface area contributed by atoms with E-state index in [1.54, 1.807) is 44.6 Å². The van der Waals surface area contributed by atoms with Crippen LogP contribution in [0.2, 0.25) is 0 Å². The number of aryl methyl sites for hydroxylation is 1. The predicted molar refractivity (Wildman–Crippen MR) is 76.5 cm³/mol. The molecule has 1 aromatic heterocycles. The SMILES string of the molecule is COc1cc(NC(=O)c2cccc(C)n2)cc(OC)c1. The van der Waals surface area contributed by atoms with Crippen molar-refractivity contribution in [1.82, 2.24) is 4.98 Å². The maximum Gasteiger partial charge on any atom is 0.274 e.